The van der Waals surface area contributed by atoms with Gasteiger partial charge >= 0.3 is 6.03 Å². The maximum Gasteiger partial charge on any atom is 0.329 e. The minimum Gasteiger partial charge on any atom is -0.302 e. The number of urea groups is 1. The van der Waals surface area contributed by atoms with E-state index in [0.717, 1.165) is 4.90 Å². The highest BCUT2D eigenvalue weighted by atomic mass is 16.2. The SMILES string of the molecule is CCN1C(=O)NC(=C(C(C)=O)C(C)=O)C1=O. The number of hydrogen-bond acceptors (Lipinski definition) is 4. The summed E-state index contributed by atoms with van der Waals surface area (Å²) in [5.74, 6) is -1.70. The Hall–Kier alpha value is -1.98. The summed E-state index contributed by atoms with van der Waals surface area (Å²) in [6, 6.07) is -0.609. The first-order valence-electron chi connectivity index (χ1n) is 4.79. The molecule has 1 N–H and O–H groups in total. The van der Waals surface area contributed by atoms with Gasteiger partial charge in [-0.1, -0.05) is 0 Å². The molecule has 1 rings (SSSR count). The normalized spacial score (nSPS) is 15.2. The Kier molecular flexibility index (Phi) is 3.22. The molecule has 1 aliphatic heterocycles. The van der Waals surface area contributed by atoms with Gasteiger partial charge in [0.1, 0.15) is 5.70 Å². The molecule has 1 aliphatic rings. The van der Waals surface area contributed by atoms with Gasteiger partial charge < -0.3 is 5.32 Å². The number of nitrogens with zero attached hydrogens (tertiary/aromatic N) is 1. The van der Waals surface area contributed by atoms with Crippen LogP contribution in [-0.2, 0) is 14.4 Å². The second-order valence-corrected chi connectivity index (χ2v) is 3.34. The molecule has 0 atom stereocenters. The fraction of sp³-hybridized carbons (Fsp3) is 0.400. The summed E-state index contributed by atoms with van der Waals surface area (Å²) >= 11 is 0. The molecule has 0 aliphatic carbocycles. The first-order valence-corrected chi connectivity index (χ1v) is 4.79. The number of imide groups is 1. The molecule has 86 valence electrons. The van der Waals surface area contributed by atoms with Crippen molar-refractivity contribution in [3.63, 3.8) is 0 Å². The molecule has 0 bridgehead atoms. The van der Waals surface area contributed by atoms with Crippen LogP contribution in [0.3, 0.4) is 0 Å². The van der Waals surface area contributed by atoms with Gasteiger partial charge in [-0.25, -0.2) is 4.79 Å². The molecule has 16 heavy (non-hydrogen) atoms. The van der Waals surface area contributed by atoms with Crippen LogP contribution in [0, 0.1) is 0 Å². The lowest BCUT2D eigenvalue weighted by molar-refractivity contribution is -0.125. The van der Waals surface area contributed by atoms with Crippen molar-refractivity contribution < 1.29 is 19.2 Å². The number of amides is 3. The quantitative estimate of drug-likeness (QED) is 0.316. The van der Waals surface area contributed by atoms with E-state index in [9.17, 15) is 19.2 Å². The average molecular weight is 224 g/mol. The topological polar surface area (TPSA) is 83.6 Å². The Morgan fingerprint density at radius 2 is 1.69 bits per heavy atom. The number of carbonyl (C=O) groups is 4. The molecule has 0 unspecified atom stereocenters. The molecular weight excluding hydrogens is 212 g/mol. The third-order valence-corrected chi connectivity index (χ3v) is 2.21. The highest BCUT2D eigenvalue weighted by Crippen LogP contribution is 2.15. The predicted molar refractivity (Wildman–Crippen MR) is 54.3 cm³/mol. The van der Waals surface area contributed by atoms with E-state index in [-0.39, 0.29) is 17.8 Å². The summed E-state index contributed by atoms with van der Waals surface area (Å²) in [7, 11) is 0. The molecule has 1 saturated heterocycles. The van der Waals surface area contributed by atoms with E-state index in [1.54, 1.807) is 6.92 Å². The zero-order valence-corrected chi connectivity index (χ0v) is 9.29. The standard InChI is InChI=1S/C10H12N2O4/c1-4-12-9(15)8(11-10(12)16)7(5(2)13)6(3)14/h4H2,1-3H3,(H,11,16). The lowest BCUT2D eigenvalue weighted by atomic mass is 10.1. The van der Waals surface area contributed by atoms with Gasteiger partial charge in [-0.3, -0.25) is 19.3 Å². The van der Waals surface area contributed by atoms with Crippen LogP contribution in [0.15, 0.2) is 11.3 Å². The van der Waals surface area contributed by atoms with Crippen LogP contribution in [0.5, 0.6) is 0 Å². The number of ketones is 2. The van der Waals surface area contributed by atoms with Crippen molar-refractivity contribution in [2.75, 3.05) is 6.54 Å². The minimum absolute atomic E-state index is 0.192. The Bertz CT molecular complexity index is 407. The molecule has 1 fully saturated rings. The number of Topliss-reactive ketones (excluding diaryl/α,β-unsaturated/α-hetero) is 2. The van der Waals surface area contributed by atoms with Crippen LogP contribution in [0.25, 0.3) is 0 Å². The Morgan fingerprint density at radius 3 is 2.00 bits per heavy atom. The molecule has 6 nitrogen and oxygen atoms in total. The van der Waals surface area contributed by atoms with Crippen molar-refractivity contribution in [3.8, 4) is 0 Å². The van der Waals surface area contributed by atoms with Crippen molar-refractivity contribution in [1.82, 2.24) is 10.2 Å². The fourth-order valence-corrected chi connectivity index (χ4v) is 1.51. The predicted octanol–water partition coefficient (Wildman–Crippen LogP) is -0.00980. The van der Waals surface area contributed by atoms with E-state index in [1.807, 2.05) is 0 Å². The third-order valence-electron chi connectivity index (χ3n) is 2.21. The highest BCUT2D eigenvalue weighted by molar-refractivity contribution is 6.26. The lowest BCUT2D eigenvalue weighted by Crippen LogP contribution is -2.30. The molecule has 0 saturated carbocycles. The molecule has 0 aromatic rings. The van der Waals surface area contributed by atoms with Gasteiger partial charge in [-0.2, -0.15) is 0 Å². The molecule has 6 heteroatoms. The van der Waals surface area contributed by atoms with Crippen LogP contribution in [0.1, 0.15) is 20.8 Å². The molecule has 0 radical (unpaired) electrons. The minimum atomic E-state index is -0.632. The molecule has 0 spiro atoms. The zero-order chi connectivity index (χ0) is 12.5. The summed E-state index contributed by atoms with van der Waals surface area (Å²) in [6.07, 6.45) is 0. The van der Waals surface area contributed by atoms with E-state index in [0.29, 0.717) is 0 Å². The van der Waals surface area contributed by atoms with Crippen LogP contribution in [-0.4, -0.2) is 34.9 Å². The number of carbonyl (C=O) groups excluding carboxylic acids is 4. The summed E-state index contributed by atoms with van der Waals surface area (Å²) in [6.45, 7) is 4.18. The number of rotatable bonds is 3. The van der Waals surface area contributed by atoms with E-state index < -0.39 is 23.5 Å². The molecule has 0 aromatic carbocycles. The highest BCUT2D eigenvalue weighted by Gasteiger charge is 2.36. The number of allylic oxidation sites excluding steroid dienone is 1. The summed E-state index contributed by atoms with van der Waals surface area (Å²) in [4.78, 5) is 46.4. The van der Waals surface area contributed by atoms with Gasteiger partial charge in [-0.05, 0) is 20.8 Å². The van der Waals surface area contributed by atoms with Gasteiger partial charge in [0.15, 0.2) is 11.6 Å². The summed E-state index contributed by atoms with van der Waals surface area (Å²) in [5.41, 5.74) is -0.471. The smallest absolute Gasteiger partial charge is 0.302 e. The first kappa shape index (κ1) is 12.1. The Balaban J connectivity index is 3.28. The maximum atomic E-state index is 11.7. The lowest BCUT2D eigenvalue weighted by Gasteiger charge is -2.06. The largest absolute Gasteiger partial charge is 0.329 e. The van der Waals surface area contributed by atoms with Gasteiger partial charge in [0.2, 0.25) is 0 Å². The second kappa shape index (κ2) is 4.26. The van der Waals surface area contributed by atoms with Gasteiger partial charge in [-0.15, -0.1) is 0 Å². The van der Waals surface area contributed by atoms with Crippen LogP contribution >= 0.6 is 0 Å². The fourth-order valence-electron chi connectivity index (χ4n) is 1.51. The maximum absolute atomic E-state index is 11.7. The van der Waals surface area contributed by atoms with Crippen molar-refractivity contribution in [2.45, 2.75) is 20.8 Å². The monoisotopic (exact) mass is 224 g/mol. The average Bonchev–Trinajstić information content (AvgIpc) is 2.41. The summed E-state index contributed by atoms with van der Waals surface area (Å²) in [5, 5.41) is 2.24. The molecular formula is C10H12N2O4. The Morgan fingerprint density at radius 1 is 1.19 bits per heavy atom. The van der Waals surface area contributed by atoms with Crippen molar-refractivity contribution >= 4 is 23.5 Å². The molecule has 3 amide bonds. The van der Waals surface area contributed by atoms with Gasteiger partial charge in [0.25, 0.3) is 5.91 Å². The molecule has 0 aromatic heterocycles. The summed E-state index contributed by atoms with van der Waals surface area (Å²) < 4.78 is 0. The third kappa shape index (κ3) is 1.86. The number of nitrogens with one attached hydrogen (secondary N) is 1. The zero-order valence-electron chi connectivity index (χ0n) is 9.29. The second-order valence-electron chi connectivity index (χ2n) is 3.34. The van der Waals surface area contributed by atoms with Crippen molar-refractivity contribution in [1.29, 1.82) is 0 Å². The first-order chi connectivity index (χ1) is 7.40. The van der Waals surface area contributed by atoms with Crippen LogP contribution < -0.4 is 5.32 Å². The van der Waals surface area contributed by atoms with Crippen LogP contribution in [0.2, 0.25) is 0 Å². The van der Waals surface area contributed by atoms with E-state index in [4.69, 9.17) is 0 Å². The van der Waals surface area contributed by atoms with Crippen molar-refractivity contribution in [2.24, 2.45) is 0 Å². The van der Waals surface area contributed by atoms with E-state index >= 15 is 0 Å². The van der Waals surface area contributed by atoms with Gasteiger partial charge in [0, 0.05) is 6.54 Å². The number of hydrogen-bond donors (Lipinski definition) is 1. The van der Waals surface area contributed by atoms with Gasteiger partial charge in [0.05, 0.1) is 5.57 Å². The van der Waals surface area contributed by atoms with E-state index in [1.165, 1.54) is 13.8 Å². The van der Waals surface area contributed by atoms with E-state index in [2.05, 4.69) is 5.32 Å². The molecule has 1 heterocycles. The van der Waals surface area contributed by atoms with Crippen LogP contribution in [0.4, 0.5) is 4.79 Å². The number of likely N-dealkylation sites (N-methyl/N-ethyl adjacent to an activating group) is 1. The van der Waals surface area contributed by atoms with Crippen molar-refractivity contribution in [3.05, 3.63) is 11.3 Å². The Labute approximate surface area is 92.3 Å².